The molecule has 5 nitrogen and oxygen atoms in total. The lowest BCUT2D eigenvalue weighted by molar-refractivity contribution is -0.115. The number of nitrogens with two attached hydrogens (primary N) is 1. The zero-order chi connectivity index (χ0) is 11.0. The minimum Gasteiger partial charge on any atom is -0.351 e. The number of hydrogen-bond donors (Lipinski definition) is 2. The number of nitrogens with zero attached hydrogens (tertiary/aromatic N) is 1. The summed E-state index contributed by atoms with van der Waals surface area (Å²) in [4.78, 5) is 23.4. The molecule has 2 rings (SSSR count). The average Bonchev–Trinajstić information content (AvgIpc) is 2.55. The summed E-state index contributed by atoms with van der Waals surface area (Å²) in [6.07, 6.45) is 0.357. The van der Waals surface area contributed by atoms with E-state index in [-0.39, 0.29) is 5.91 Å². The second-order valence-electron chi connectivity index (χ2n) is 3.46. The molecule has 1 aromatic rings. The second kappa shape index (κ2) is 3.27. The van der Waals surface area contributed by atoms with Gasteiger partial charge in [-0.3, -0.25) is 9.69 Å². The van der Waals surface area contributed by atoms with Crippen LogP contribution in [0.25, 0.3) is 0 Å². The normalized spacial score (nSPS) is 13.3. The van der Waals surface area contributed by atoms with Crippen LogP contribution in [0.3, 0.4) is 0 Å². The number of primary amides is 1. The van der Waals surface area contributed by atoms with Crippen molar-refractivity contribution in [2.24, 2.45) is 5.73 Å². The molecule has 3 amide bonds. The Morgan fingerprint density at radius 3 is 2.93 bits per heavy atom. The lowest BCUT2D eigenvalue weighted by atomic mass is 10.1. The summed E-state index contributed by atoms with van der Waals surface area (Å²) in [6.45, 7) is 0. The molecular formula is C10H11N3O2. The summed E-state index contributed by atoms with van der Waals surface area (Å²) < 4.78 is 0. The predicted octanol–water partition coefficient (Wildman–Crippen LogP) is 0.696. The molecule has 1 heterocycles. The molecule has 1 aromatic carbocycles. The molecular weight excluding hydrogens is 194 g/mol. The van der Waals surface area contributed by atoms with Gasteiger partial charge in [-0.2, -0.15) is 0 Å². The molecule has 1 aliphatic heterocycles. The number of fused-ring (bicyclic) bond motifs is 1. The van der Waals surface area contributed by atoms with Gasteiger partial charge in [-0.1, -0.05) is 0 Å². The standard InChI is InChI=1S/C10H11N3O2/c1-13(10(11)15)7-2-3-8-6(4-7)5-9(14)12-8/h2-4H,5H2,1H3,(H2,11,15)(H,12,14). The maximum atomic E-state index is 11.1. The fourth-order valence-corrected chi connectivity index (χ4v) is 1.55. The number of benzene rings is 1. The van der Waals surface area contributed by atoms with Gasteiger partial charge in [-0.15, -0.1) is 0 Å². The van der Waals surface area contributed by atoms with E-state index in [1.54, 1.807) is 25.2 Å². The molecule has 15 heavy (non-hydrogen) atoms. The first-order valence-electron chi connectivity index (χ1n) is 4.54. The van der Waals surface area contributed by atoms with Crippen molar-refractivity contribution in [2.45, 2.75) is 6.42 Å². The minimum atomic E-state index is -0.521. The van der Waals surface area contributed by atoms with Crippen molar-refractivity contribution in [2.75, 3.05) is 17.3 Å². The fourth-order valence-electron chi connectivity index (χ4n) is 1.55. The number of hydrogen-bond acceptors (Lipinski definition) is 2. The third kappa shape index (κ3) is 1.63. The fraction of sp³-hybridized carbons (Fsp3) is 0.200. The molecule has 0 unspecified atom stereocenters. The Morgan fingerprint density at radius 2 is 2.27 bits per heavy atom. The first kappa shape index (κ1) is 9.51. The van der Waals surface area contributed by atoms with Crippen LogP contribution in [0.2, 0.25) is 0 Å². The van der Waals surface area contributed by atoms with E-state index in [2.05, 4.69) is 5.32 Å². The highest BCUT2D eigenvalue weighted by molar-refractivity contribution is 6.00. The van der Waals surface area contributed by atoms with Crippen LogP contribution >= 0.6 is 0 Å². The summed E-state index contributed by atoms with van der Waals surface area (Å²) in [6, 6.07) is 4.79. The van der Waals surface area contributed by atoms with Gasteiger partial charge in [-0.05, 0) is 23.8 Å². The Hall–Kier alpha value is -2.04. The first-order valence-corrected chi connectivity index (χ1v) is 4.54. The van der Waals surface area contributed by atoms with Gasteiger partial charge in [0.25, 0.3) is 0 Å². The van der Waals surface area contributed by atoms with E-state index in [9.17, 15) is 9.59 Å². The Bertz CT molecular complexity index is 442. The quantitative estimate of drug-likeness (QED) is 0.708. The maximum absolute atomic E-state index is 11.1. The summed E-state index contributed by atoms with van der Waals surface area (Å²) in [7, 11) is 1.59. The third-order valence-electron chi connectivity index (χ3n) is 2.43. The van der Waals surface area contributed by atoms with Crippen molar-refractivity contribution in [3.05, 3.63) is 23.8 Å². The van der Waals surface area contributed by atoms with E-state index in [0.29, 0.717) is 12.1 Å². The predicted molar refractivity (Wildman–Crippen MR) is 56.8 cm³/mol. The van der Waals surface area contributed by atoms with Crippen molar-refractivity contribution in [1.29, 1.82) is 0 Å². The van der Waals surface area contributed by atoms with Gasteiger partial charge in [0.1, 0.15) is 0 Å². The molecule has 78 valence electrons. The van der Waals surface area contributed by atoms with Gasteiger partial charge < -0.3 is 11.1 Å². The molecule has 0 aromatic heterocycles. The first-order chi connectivity index (χ1) is 7.08. The van der Waals surface area contributed by atoms with Crippen molar-refractivity contribution in [3.63, 3.8) is 0 Å². The van der Waals surface area contributed by atoms with Crippen molar-refractivity contribution in [3.8, 4) is 0 Å². The molecule has 0 saturated heterocycles. The van der Waals surface area contributed by atoms with E-state index in [1.807, 2.05) is 0 Å². The van der Waals surface area contributed by atoms with Crippen molar-refractivity contribution in [1.82, 2.24) is 0 Å². The highest BCUT2D eigenvalue weighted by atomic mass is 16.2. The summed E-state index contributed by atoms with van der Waals surface area (Å²) in [5.74, 6) is -0.0242. The Kier molecular flexibility index (Phi) is 2.07. The molecule has 0 bridgehead atoms. The molecule has 0 radical (unpaired) electrons. The molecule has 1 aliphatic rings. The van der Waals surface area contributed by atoms with E-state index in [0.717, 1.165) is 11.3 Å². The van der Waals surface area contributed by atoms with Gasteiger partial charge >= 0.3 is 6.03 Å². The number of anilines is 2. The Labute approximate surface area is 86.9 Å². The minimum absolute atomic E-state index is 0.0242. The maximum Gasteiger partial charge on any atom is 0.318 e. The number of rotatable bonds is 1. The summed E-state index contributed by atoms with van der Waals surface area (Å²) >= 11 is 0. The summed E-state index contributed by atoms with van der Waals surface area (Å²) in [5.41, 5.74) is 7.54. The molecule has 0 spiro atoms. The van der Waals surface area contributed by atoms with E-state index >= 15 is 0 Å². The second-order valence-corrected chi connectivity index (χ2v) is 3.46. The lowest BCUT2D eigenvalue weighted by Gasteiger charge is -2.14. The zero-order valence-electron chi connectivity index (χ0n) is 8.28. The lowest BCUT2D eigenvalue weighted by Crippen LogP contribution is -2.31. The van der Waals surface area contributed by atoms with Crippen LogP contribution in [-0.4, -0.2) is 19.0 Å². The van der Waals surface area contributed by atoms with E-state index < -0.39 is 6.03 Å². The smallest absolute Gasteiger partial charge is 0.318 e. The summed E-state index contributed by atoms with van der Waals surface area (Å²) in [5, 5.41) is 2.72. The number of urea groups is 1. The van der Waals surface area contributed by atoms with Crippen molar-refractivity contribution < 1.29 is 9.59 Å². The molecule has 3 N–H and O–H groups in total. The number of carbonyl (C=O) groups excluding carboxylic acids is 2. The van der Waals surface area contributed by atoms with Crippen molar-refractivity contribution >= 4 is 23.3 Å². The molecule has 0 aliphatic carbocycles. The van der Waals surface area contributed by atoms with Gasteiger partial charge in [-0.25, -0.2) is 4.79 Å². The van der Waals surface area contributed by atoms with Gasteiger partial charge in [0.2, 0.25) is 5.91 Å². The largest absolute Gasteiger partial charge is 0.351 e. The molecule has 0 atom stereocenters. The molecule has 0 fully saturated rings. The monoisotopic (exact) mass is 205 g/mol. The van der Waals surface area contributed by atoms with E-state index in [1.165, 1.54) is 4.90 Å². The number of amides is 3. The van der Waals surface area contributed by atoms with Crippen LogP contribution < -0.4 is 16.0 Å². The van der Waals surface area contributed by atoms with Crippen LogP contribution in [0, 0.1) is 0 Å². The van der Waals surface area contributed by atoms with E-state index in [4.69, 9.17) is 5.73 Å². The third-order valence-corrected chi connectivity index (χ3v) is 2.43. The van der Waals surface area contributed by atoms with Gasteiger partial charge in [0, 0.05) is 18.4 Å². The molecule has 5 heteroatoms. The average molecular weight is 205 g/mol. The Balaban J connectivity index is 2.35. The highest BCUT2D eigenvalue weighted by Crippen LogP contribution is 2.27. The topological polar surface area (TPSA) is 75.4 Å². The van der Waals surface area contributed by atoms with Gasteiger partial charge in [0.15, 0.2) is 0 Å². The van der Waals surface area contributed by atoms with Crippen LogP contribution in [0.1, 0.15) is 5.56 Å². The van der Waals surface area contributed by atoms with Crippen LogP contribution in [0.4, 0.5) is 16.2 Å². The Morgan fingerprint density at radius 1 is 1.53 bits per heavy atom. The number of carbonyl (C=O) groups is 2. The SMILES string of the molecule is CN(C(N)=O)c1ccc2c(c1)CC(=O)N2. The number of nitrogens with one attached hydrogen (secondary N) is 1. The highest BCUT2D eigenvalue weighted by Gasteiger charge is 2.18. The van der Waals surface area contributed by atoms with Crippen LogP contribution in [0.5, 0.6) is 0 Å². The van der Waals surface area contributed by atoms with Gasteiger partial charge in [0.05, 0.1) is 6.42 Å². The van der Waals surface area contributed by atoms with Crippen LogP contribution in [0.15, 0.2) is 18.2 Å². The van der Waals surface area contributed by atoms with Crippen LogP contribution in [-0.2, 0) is 11.2 Å². The molecule has 0 saturated carbocycles. The zero-order valence-corrected chi connectivity index (χ0v) is 8.28.